The number of hydrogen-bond donors (Lipinski definition) is 0. The molecular formula is C22H20N2O. The maximum Gasteiger partial charge on any atom is 0.243 e. The highest BCUT2D eigenvalue weighted by molar-refractivity contribution is 5.94. The maximum atomic E-state index is 6.21. The molecule has 1 aliphatic rings. The molecule has 0 N–H and O–H groups in total. The Balaban J connectivity index is 1.71. The molecule has 0 aliphatic carbocycles. The van der Waals surface area contributed by atoms with Gasteiger partial charge in [0.1, 0.15) is 0 Å². The van der Waals surface area contributed by atoms with Crippen LogP contribution in [0, 0.1) is 0 Å². The zero-order chi connectivity index (χ0) is 17.1. The second-order valence-corrected chi connectivity index (χ2v) is 6.12. The molecule has 0 saturated heterocycles. The lowest BCUT2D eigenvalue weighted by molar-refractivity contribution is -0.117. The van der Waals surface area contributed by atoms with E-state index in [0.29, 0.717) is 5.90 Å². The first-order valence-electron chi connectivity index (χ1n) is 8.52. The van der Waals surface area contributed by atoms with Gasteiger partial charge in [-0.15, -0.1) is 5.06 Å². The molecule has 0 aromatic heterocycles. The van der Waals surface area contributed by atoms with Gasteiger partial charge in [-0.3, -0.25) is 0 Å². The number of nitrogens with zero attached hydrogens (tertiary/aromatic N) is 2. The standard InChI is InChI=1S/C22H20N2O/c1-17(18-11-5-2-6-12-18)24-21(19-13-7-3-8-14-19)23-22(25-24)20-15-9-4-10-16-20/h2-17,21H,1H3/t17-,21-/m0/s1. The van der Waals surface area contributed by atoms with Crippen LogP contribution in [0.3, 0.4) is 0 Å². The predicted octanol–water partition coefficient (Wildman–Crippen LogP) is 5.14. The van der Waals surface area contributed by atoms with E-state index in [1.165, 1.54) is 5.56 Å². The highest BCUT2D eigenvalue weighted by Crippen LogP contribution is 2.36. The summed E-state index contributed by atoms with van der Waals surface area (Å²) in [6.07, 6.45) is -0.161. The first-order chi connectivity index (χ1) is 12.3. The van der Waals surface area contributed by atoms with Crippen molar-refractivity contribution < 1.29 is 4.84 Å². The zero-order valence-electron chi connectivity index (χ0n) is 14.1. The Morgan fingerprint density at radius 2 is 1.36 bits per heavy atom. The van der Waals surface area contributed by atoms with Gasteiger partial charge < -0.3 is 4.84 Å². The third-order valence-corrected chi connectivity index (χ3v) is 4.45. The molecule has 0 bridgehead atoms. The van der Waals surface area contributed by atoms with E-state index in [2.05, 4.69) is 43.3 Å². The molecule has 1 aliphatic heterocycles. The van der Waals surface area contributed by atoms with Crippen LogP contribution in [0.15, 0.2) is 96.0 Å². The third-order valence-electron chi connectivity index (χ3n) is 4.45. The van der Waals surface area contributed by atoms with Crippen molar-refractivity contribution in [3.05, 3.63) is 108 Å². The second kappa shape index (κ2) is 6.91. The fourth-order valence-corrected chi connectivity index (χ4v) is 3.07. The van der Waals surface area contributed by atoms with Crippen LogP contribution in [-0.2, 0) is 4.84 Å². The number of benzene rings is 3. The molecule has 3 aromatic carbocycles. The molecule has 3 aromatic rings. The van der Waals surface area contributed by atoms with Gasteiger partial charge in [0, 0.05) is 5.56 Å². The van der Waals surface area contributed by atoms with Crippen molar-refractivity contribution in [2.75, 3.05) is 0 Å². The van der Waals surface area contributed by atoms with Crippen molar-refractivity contribution in [1.29, 1.82) is 0 Å². The highest BCUT2D eigenvalue weighted by atomic mass is 16.7. The van der Waals surface area contributed by atoms with Gasteiger partial charge in [-0.1, -0.05) is 78.9 Å². The van der Waals surface area contributed by atoms with E-state index in [1.54, 1.807) is 0 Å². The molecule has 0 spiro atoms. The minimum absolute atomic E-state index is 0.0800. The van der Waals surface area contributed by atoms with Crippen molar-refractivity contribution in [1.82, 2.24) is 5.06 Å². The van der Waals surface area contributed by atoms with Crippen molar-refractivity contribution in [2.45, 2.75) is 19.1 Å². The van der Waals surface area contributed by atoms with Gasteiger partial charge in [0.05, 0.1) is 6.04 Å². The lowest BCUT2D eigenvalue weighted by Gasteiger charge is -2.28. The molecule has 0 radical (unpaired) electrons. The first kappa shape index (κ1) is 15.6. The molecule has 0 unspecified atom stereocenters. The summed E-state index contributed by atoms with van der Waals surface area (Å²) >= 11 is 0. The number of hydrogen-bond acceptors (Lipinski definition) is 3. The average molecular weight is 328 g/mol. The van der Waals surface area contributed by atoms with Gasteiger partial charge >= 0.3 is 0 Å². The molecule has 25 heavy (non-hydrogen) atoms. The molecular weight excluding hydrogens is 308 g/mol. The van der Waals surface area contributed by atoms with Crippen LogP contribution in [0.25, 0.3) is 0 Å². The fraction of sp³-hybridized carbons (Fsp3) is 0.136. The SMILES string of the molecule is C[C@@H](c1ccccc1)N1OC(c2ccccc2)=N[C@@H]1c1ccccc1. The Morgan fingerprint density at radius 3 is 2.00 bits per heavy atom. The Hall–Kier alpha value is -2.91. The van der Waals surface area contributed by atoms with Crippen molar-refractivity contribution >= 4 is 5.90 Å². The van der Waals surface area contributed by atoms with Crippen LogP contribution >= 0.6 is 0 Å². The summed E-state index contributed by atoms with van der Waals surface area (Å²) in [5.74, 6) is 0.664. The quantitative estimate of drug-likeness (QED) is 0.662. The third kappa shape index (κ3) is 3.19. The van der Waals surface area contributed by atoms with Crippen molar-refractivity contribution in [2.24, 2.45) is 4.99 Å². The van der Waals surface area contributed by atoms with E-state index in [-0.39, 0.29) is 12.2 Å². The Labute approximate surface area is 148 Å². The molecule has 3 nitrogen and oxygen atoms in total. The Bertz CT molecular complexity index is 847. The Morgan fingerprint density at radius 1 is 0.800 bits per heavy atom. The molecule has 1 heterocycles. The van der Waals surface area contributed by atoms with E-state index < -0.39 is 0 Å². The fourth-order valence-electron chi connectivity index (χ4n) is 3.07. The van der Waals surface area contributed by atoms with E-state index >= 15 is 0 Å². The summed E-state index contributed by atoms with van der Waals surface area (Å²) in [6, 6.07) is 30.8. The largest absolute Gasteiger partial charge is 0.382 e. The maximum absolute atomic E-state index is 6.21. The van der Waals surface area contributed by atoms with Crippen LogP contribution in [0.4, 0.5) is 0 Å². The molecule has 0 amide bonds. The van der Waals surface area contributed by atoms with Crippen LogP contribution in [0.1, 0.15) is 35.8 Å². The van der Waals surface area contributed by atoms with Crippen LogP contribution in [0.5, 0.6) is 0 Å². The summed E-state index contributed by atoms with van der Waals surface area (Å²) in [7, 11) is 0. The lowest BCUT2D eigenvalue weighted by atomic mass is 10.1. The smallest absolute Gasteiger partial charge is 0.243 e. The van der Waals surface area contributed by atoms with Crippen molar-refractivity contribution in [3.63, 3.8) is 0 Å². The zero-order valence-corrected chi connectivity index (χ0v) is 14.1. The topological polar surface area (TPSA) is 24.8 Å². The molecule has 3 heteroatoms. The predicted molar refractivity (Wildman–Crippen MR) is 99.9 cm³/mol. The number of rotatable bonds is 4. The van der Waals surface area contributed by atoms with E-state index in [0.717, 1.165) is 11.1 Å². The first-order valence-corrected chi connectivity index (χ1v) is 8.52. The van der Waals surface area contributed by atoms with Crippen LogP contribution in [0.2, 0.25) is 0 Å². The van der Waals surface area contributed by atoms with Crippen LogP contribution in [-0.4, -0.2) is 11.0 Å². The van der Waals surface area contributed by atoms with Gasteiger partial charge in [-0.2, -0.15) is 0 Å². The molecule has 4 rings (SSSR count). The van der Waals surface area contributed by atoms with Gasteiger partial charge in [-0.05, 0) is 30.2 Å². The number of aliphatic imine (C=N–C) groups is 1. The summed E-state index contributed by atoms with van der Waals surface area (Å²) < 4.78 is 0. The van der Waals surface area contributed by atoms with Gasteiger partial charge in [0.2, 0.25) is 5.90 Å². The lowest BCUT2D eigenvalue weighted by Crippen LogP contribution is -2.27. The summed E-state index contributed by atoms with van der Waals surface area (Å²) in [6.45, 7) is 2.15. The normalized spacial score (nSPS) is 18.4. The summed E-state index contributed by atoms with van der Waals surface area (Å²) in [5.41, 5.74) is 3.32. The molecule has 0 fully saturated rings. The average Bonchev–Trinajstić information content (AvgIpc) is 3.15. The van der Waals surface area contributed by atoms with Crippen LogP contribution < -0.4 is 0 Å². The van der Waals surface area contributed by atoms with Gasteiger partial charge in [0.25, 0.3) is 0 Å². The molecule has 2 atom stereocenters. The van der Waals surface area contributed by atoms with E-state index in [9.17, 15) is 0 Å². The Kier molecular flexibility index (Phi) is 4.32. The highest BCUT2D eigenvalue weighted by Gasteiger charge is 2.34. The second-order valence-electron chi connectivity index (χ2n) is 6.12. The molecule has 0 saturated carbocycles. The van der Waals surface area contributed by atoms with E-state index in [4.69, 9.17) is 9.83 Å². The van der Waals surface area contributed by atoms with Gasteiger partial charge in [-0.25, -0.2) is 4.99 Å². The summed E-state index contributed by atoms with van der Waals surface area (Å²) in [4.78, 5) is 11.1. The van der Waals surface area contributed by atoms with Crippen molar-refractivity contribution in [3.8, 4) is 0 Å². The molecule has 124 valence electrons. The summed E-state index contributed by atoms with van der Waals surface area (Å²) in [5, 5.41) is 1.98. The minimum atomic E-state index is -0.161. The monoisotopic (exact) mass is 328 g/mol. The minimum Gasteiger partial charge on any atom is -0.382 e. The number of hydroxylamine groups is 2. The van der Waals surface area contributed by atoms with E-state index in [1.807, 2.05) is 59.7 Å². The van der Waals surface area contributed by atoms with Gasteiger partial charge in [0.15, 0.2) is 6.17 Å².